The lowest BCUT2D eigenvalue weighted by molar-refractivity contribution is -0.121. The maximum absolute atomic E-state index is 13.2. The molecule has 5 rings (SSSR count). The third-order valence-electron chi connectivity index (χ3n) is 5.54. The molecule has 0 unspecified atom stereocenters. The van der Waals surface area contributed by atoms with Crippen LogP contribution >= 0.6 is 0 Å². The van der Waals surface area contributed by atoms with Gasteiger partial charge in [0.1, 0.15) is 11.3 Å². The Kier molecular flexibility index (Phi) is 4.54. The Hall–Kier alpha value is -3.16. The number of hydrogen-bond acceptors (Lipinski definition) is 4. The maximum atomic E-state index is 13.2. The third-order valence-corrected chi connectivity index (χ3v) is 5.54. The predicted octanol–water partition coefficient (Wildman–Crippen LogP) is 1.79. The summed E-state index contributed by atoms with van der Waals surface area (Å²) in [4.78, 5) is 31.3. The highest BCUT2D eigenvalue weighted by Gasteiger charge is 2.25. The van der Waals surface area contributed by atoms with Crippen LogP contribution in [0.15, 0.2) is 36.7 Å². The number of nitrogens with one attached hydrogen (secondary N) is 1. The van der Waals surface area contributed by atoms with E-state index in [1.807, 2.05) is 44.4 Å². The lowest BCUT2D eigenvalue weighted by Crippen LogP contribution is -2.31. The molecule has 3 aromatic heterocycles. The van der Waals surface area contributed by atoms with Crippen molar-refractivity contribution in [3.8, 4) is 0 Å². The zero-order valence-electron chi connectivity index (χ0n) is 16.3. The van der Waals surface area contributed by atoms with Gasteiger partial charge in [0.15, 0.2) is 0 Å². The number of nitrogens with zero attached hydrogens (tertiary/aromatic N) is 5. The molecule has 0 bridgehead atoms. The van der Waals surface area contributed by atoms with Crippen molar-refractivity contribution in [1.29, 1.82) is 0 Å². The van der Waals surface area contributed by atoms with Gasteiger partial charge in [0, 0.05) is 38.2 Å². The van der Waals surface area contributed by atoms with E-state index < -0.39 is 0 Å². The highest BCUT2D eigenvalue weighted by atomic mass is 16.2. The molecule has 4 heterocycles. The third kappa shape index (κ3) is 3.74. The summed E-state index contributed by atoms with van der Waals surface area (Å²) in [5.41, 5.74) is 3.27. The molecule has 0 saturated heterocycles. The number of fused-ring (bicyclic) bond motifs is 2. The van der Waals surface area contributed by atoms with E-state index in [0.717, 1.165) is 42.8 Å². The summed E-state index contributed by atoms with van der Waals surface area (Å²) >= 11 is 0. The molecule has 29 heavy (non-hydrogen) atoms. The molecule has 8 nitrogen and oxygen atoms in total. The van der Waals surface area contributed by atoms with Gasteiger partial charge in [-0.25, -0.2) is 4.98 Å². The molecule has 1 fully saturated rings. The van der Waals surface area contributed by atoms with Crippen LogP contribution in [0.1, 0.15) is 47.6 Å². The van der Waals surface area contributed by atoms with E-state index in [1.54, 1.807) is 6.20 Å². The smallest absolute Gasteiger partial charge is 0.272 e. The van der Waals surface area contributed by atoms with E-state index in [4.69, 9.17) is 0 Å². The van der Waals surface area contributed by atoms with Gasteiger partial charge in [-0.1, -0.05) is 6.07 Å². The number of imidazole rings is 1. The Morgan fingerprint density at radius 1 is 1.21 bits per heavy atom. The molecule has 1 N–H and O–H groups in total. The van der Waals surface area contributed by atoms with E-state index in [1.165, 1.54) is 0 Å². The molecule has 0 spiro atoms. The molecular weight excluding hydrogens is 368 g/mol. The summed E-state index contributed by atoms with van der Waals surface area (Å²) in [6.45, 7) is 1.97. The van der Waals surface area contributed by atoms with Crippen molar-refractivity contribution >= 4 is 17.5 Å². The molecule has 2 aliphatic rings. The van der Waals surface area contributed by atoms with E-state index in [2.05, 4.69) is 15.4 Å². The predicted molar refractivity (Wildman–Crippen MR) is 106 cm³/mol. The van der Waals surface area contributed by atoms with E-state index >= 15 is 0 Å². The fourth-order valence-electron chi connectivity index (χ4n) is 3.84. The number of aryl methyl sites for hydroxylation is 2. The normalized spacial score (nSPS) is 16.5. The topological polar surface area (TPSA) is 84.5 Å². The summed E-state index contributed by atoms with van der Waals surface area (Å²) < 4.78 is 3.81. The van der Waals surface area contributed by atoms with Crippen molar-refractivity contribution in [1.82, 2.24) is 29.4 Å². The standard InChI is InChI=1S/C21H24N6O2/c28-20(23-15-5-6-15)8-7-16-12-17-14-25(9-3-11-27(17)24-16)21(29)18-13-22-19-4-1-2-10-26(18)19/h1-2,4,10,12-13,15H,3,5-9,11,14H2,(H,23,28). The first kappa shape index (κ1) is 17.9. The Balaban J connectivity index is 1.29. The second-order valence-corrected chi connectivity index (χ2v) is 7.84. The number of carbonyl (C=O) groups excluding carboxylic acids is 2. The second-order valence-electron chi connectivity index (χ2n) is 7.84. The first-order valence-electron chi connectivity index (χ1n) is 10.2. The molecule has 8 heteroatoms. The van der Waals surface area contributed by atoms with Gasteiger partial charge < -0.3 is 10.2 Å². The number of hydrogen-bond donors (Lipinski definition) is 1. The van der Waals surface area contributed by atoms with Gasteiger partial charge in [-0.2, -0.15) is 5.10 Å². The summed E-state index contributed by atoms with van der Waals surface area (Å²) in [6.07, 6.45) is 7.63. The Morgan fingerprint density at radius 2 is 2.10 bits per heavy atom. The van der Waals surface area contributed by atoms with Crippen LogP contribution in [0.4, 0.5) is 0 Å². The minimum atomic E-state index is -0.0243. The maximum Gasteiger partial charge on any atom is 0.272 e. The van der Waals surface area contributed by atoms with Crippen LogP contribution < -0.4 is 5.32 Å². The van der Waals surface area contributed by atoms with Crippen molar-refractivity contribution < 1.29 is 9.59 Å². The van der Waals surface area contributed by atoms with Crippen molar-refractivity contribution in [2.45, 2.75) is 51.2 Å². The highest BCUT2D eigenvalue weighted by molar-refractivity contribution is 5.93. The number of aromatic nitrogens is 4. The Morgan fingerprint density at radius 3 is 2.97 bits per heavy atom. The van der Waals surface area contributed by atoms with Gasteiger partial charge in [-0.3, -0.25) is 18.7 Å². The minimum Gasteiger partial charge on any atom is -0.353 e. The lowest BCUT2D eigenvalue weighted by Gasteiger charge is -2.19. The first-order valence-corrected chi connectivity index (χ1v) is 10.2. The molecular formula is C21H24N6O2. The van der Waals surface area contributed by atoms with Crippen LogP contribution in [0.2, 0.25) is 0 Å². The molecule has 2 amide bonds. The first-order chi connectivity index (χ1) is 14.2. The lowest BCUT2D eigenvalue weighted by atomic mass is 10.2. The summed E-state index contributed by atoms with van der Waals surface area (Å²) in [6, 6.07) is 8.12. The number of carbonyl (C=O) groups is 2. The van der Waals surface area contributed by atoms with Crippen molar-refractivity contribution in [3.63, 3.8) is 0 Å². The SMILES string of the molecule is O=C(CCc1cc2n(n1)CCCN(C(=O)c1cnc3ccccn13)C2)NC1CC1. The van der Waals surface area contributed by atoms with Crippen LogP contribution in [0.3, 0.4) is 0 Å². The highest BCUT2D eigenvalue weighted by Crippen LogP contribution is 2.20. The summed E-state index contributed by atoms with van der Waals surface area (Å²) in [5, 5.41) is 7.68. The Bertz CT molecular complexity index is 1060. The van der Waals surface area contributed by atoms with Gasteiger partial charge in [-0.05, 0) is 37.5 Å². The fourth-order valence-corrected chi connectivity index (χ4v) is 3.84. The van der Waals surface area contributed by atoms with Gasteiger partial charge in [0.05, 0.1) is 24.1 Å². The average Bonchev–Trinajstić information content (AvgIpc) is 3.36. The molecule has 3 aromatic rings. The summed E-state index contributed by atoms with van der Waals surface area (Å²) in [7, 11) is 0. The van der Waals surface area contributed by atoms with Gasteiger partial charge in [-0.15, -0.1) is 0 Å². The molecule has 0 radical (unpaired) electrons. The average molecular weight is 392 g/mol. The van der Waals surface area contributed by atoms with Crippen molar-refractivity contribution in [2.24, 2.45) is 0 Å². The van der Waals surface area contributed by atoms with E-state index in [0.29, 0.717) is 37.7 Å². The molecule has 1 saturated carbocycles. The van der Waals surface area contributed by atoms with Gasteiger partial charge in [0.25, 0.3) is 5.91 Å². The summed E-state index contributed by atoms with van der Waals surface area (Å²) in [5.74, 6) is 0.0730. The van der Waals surface area contributed by atoms with Gasteiger partial charge >= 0.3 is 0 Å². The van der Waals surface area contributed by atoms with Gasteiger partial charge in [0.2, 0.25) is 5.91 Å². The van der Waals surface area contributed by atoms with Crippen molar-refractivity contribution in [3.05, 3.63) is 53.7 Å². The zero-order valence-corrected chi connectivity index (χ0v) is 16.3. The molecule has 0 aromatic carbocycles. The largest absolute Gasteiger partial charge is 0.353 e. The van der Waals surface area contributed by atoms with Crippen LogP contribution in [-0.4, -0.2) is 48.5 Å². The number of pyridine rings is 1. The van der Waals surface area contributed by atoms with Crippen LogP contribution in [0.25, 0.3) is 5.65 Å². The van der Waals surface area contributed by atoms with E-state index in [9.17, 15) is 9.59 Å². The quantitative estimate of drug-likeness (QED) is 0.717. The molecule has 1 aliphatic carbocycles. The van der Waals surface area contributed by atoms with Crippen molar-refractivity contribution in [2.75, 3.05) is 6.54 Å². The molecule has 1 aliphatic heterocycles. The number of rotatable bonds is 5. The zero-order chi connectivity index (χ0) is 19.8. The molecule has 150 valence electrons. The van der Waals surface area contributed by atoms with Crippen LogP contribution in [0, 0.1) is 0 Å². The van der Waals surface area contributed by atoms with E-state index in [-0.39, 0.29) is 11.8 Å². The van der Waals surface area contributed by atoms with Crippen LogP contribution in [-0.2, 0) is 24.3 Å². The number of amides is 2. The fraction of sp³-hybridized carbons (Fsp3) is 0.429. The second kappa shape index (κ2) is 7.35. The Labute approximate surface area is 168 Å². The molecule has 0 atom stereocenters. The minimum absolute atomic E-state index is 0.0243. The van der Waals surface area contributed by atoms with Crippen LogP contribution in [0.5, 0.6) is 0 Å². The monoisotopic (exact) mass is 392 g/mol.